The van der Waals surface area contributed by atoms with Crippen molar-refractivity contribution in [2.24, 2.45) is 11.8 Å². The van der Waals surface area contributed by atoms with E-state index in [9.17, 15) is 8.42 Å². The lowest BCUT2D eigenvalue weighted by Gasteiger charge is -2.30. The largest absolute Gasteiger partial charge is 0.314 e. The Balaban J connectivity index is 2.40. The van der Waals surface area contributed by atoms with Crippen molar-refractivity contribution < 1.29 is 8.42 Å². The van der Waals surface area contributed by atoms with E-state index in [1.807, 2.05) is 0 Å². The molecule has 0 bridgehead atoms. The van der Waals surface area contributed by atoms with Gasteiger partial charge in [-0.15, -0.1) is 0 Å². The van der Waals surface area contributed by atoms with Crippen LogP contribution in [0.25, 0.3) is 0 Å². The molecule has 0 spiro atoms. The first-order valence-electron chi connectivity index (χ1n) is 6.73. The Hall–Kier alpha value is -0.0900. The highest BCUT2D eigenvalue weighted by Crippen LogP contribution is 2.24. The molecule has 3 nitrogen and oxygen atoms in total. The molecule has 3 unspecified atom stereocenters. The molecular weight excluding hydrogens is 234 g/mol. The van der Waals surface area contributed by atoms with Gasteiger partial charge in [-0.05, 0) is 37.6 Å². The predicted octanol–water partition coefficient (Wildman–Crippen LogP) is 2.22. The van der Waals surface area contributed by atoms with E-state index in [0.29, 0.717) is 17.9 Å². The van der Waals surface area contributed by atoms with Crippen molar-refractivity contribution in [1.29, 1.82) is 0 Å². The van der Waals surface area contributed by atoms with Gasteiger partial charge in [-0.3, -0.25) is 0 Å². The summed E-state index contributed by atoms with van der Waals surface area (Å²) >= 11 is 0. The van der Waals surface area contributed by atoms with Crippen LogP contribution in [0.2, 0.25) is 0 Å². The molecule has 0 heterocycles. The Morgan fingerprint density at radius 3 is 2.41 bits per heavy atom. The normalized spacial score (nSPS) is 28.3. The maximum absolute atomic E-state index is 11.6. The fourth-order valence-corrected chi connectivity index (χ4v) is 3.48. The van der Waals surface area contributed by atoms with Crippen molar-refractivity contribution in [2.75, 3.05) is 12.8 Å². The van der Waals surface area contributed by atoms with Gasteiger partial charge in [0.05, 0.1) is 5.25 Å². The summed E-state index contributed by atoms with van der Waals surface area (Å²) in [5.74, 6) is 1.32. The number of nitrogens with one attached hydrogen (secondary N) is 1. The molecule has 1 saturated carbocycles. The van der Waals surface area contributed by atoms with Gasteiger partial charge in [0, 0.05) is 12.3 Å². The zero-order chi connectivity index (χ0) is 13.1. The second-order valence-electron chi connectivity index (χ2n) is 5.94. The molecule has 102 valence electrons. The van der Waals surface area contributed by atoms with E-state index in [-0.39, 0.29) is 5.25 Å². The highest BCUT2D eigenvalue weighted by atomic mass is 32.2. The Morgan fingerprint density at radius 1 is 1.24 bits per heavy atom. The summed E-state index contributed by atoms with van der Waals surface area (Å²) in [5, 5.41) is 3.42. The van der Waals surface area contributed by atoms with E-state index in [1.165, 1.54) is 6.26 Å². The third kappa shape index (κ3) is 4.96. The zero-order valence-corrected chi connectivity index (χ0v) is 12.4. The van der Waals surface area contributed by atoms with Crippen LogP contribution in [0.1, 0.15) is 46.5 Å². The molecule has 0 aromatic rings. The Bertz CT molecular complexity index is 324. The molecule has 0 radical (unpaired) electrons. The summed E-state index contributed by atoms with van der Waals surface area (Å²) in [6, 6.07) is 0.393. The van der Waals surface area contributed by atoms with E-state index >= 15 is 0 Å². The molecule has 1 N–H and O–H groups in total. The molecule has 0 aromatic heterocycles. The first-order valence-corrected chi connectivity index (χ1v) is 8.68. The summed E-state index contributed by atoms with van der Waals surface area (Å²) < 4.78 is 23.1. The third-order valence-corrected chi connectivity index (χ3v) is 5.74. The summed E-state index contributed by atoms with van der Waals surface area (Å²) in [7, 11) is -2.85. The van der Waals surface area contributed by atoms with Crippen LogP contribution in [0.15, 0.2) is 0 Å². The molecule has 1 aliphatic rings. The number of hydrogen-bond acceptors (Lipinski definition) is 3. The summed E-state index contributed by atoms with van der Waals surface area (Å²) in [5.41, 5.74) is 0. The van der Waals surface area contributed by atoms with Gasteiger partial charge in [-0.25, -0.2) is 8.42 Å². The lowest BCUT2D eigenvalue weighted by atomic mass is 9.93. The van der Waals surface area contributed by atoms with Gasteiger partial charge < -0.3 is 5.32 Å². The van der Waals surface area contributed by atoms with Gasteiger partial charge in [-0.1, -0.05) is 27.2 Å². The van der Waals surface area contributed by atoms with Crippen molar-refractivity contribution >= 4 is 9.84 Å². The van der Waals surface area contributed by atoms with Crippen LogP contribution in [0.5, 0.6) is 0 Å². The molecule has 3 atom stereocenters. The average Bonchev–Trinajstić information content (AvgIpc) is 2.25. The minimum atomic E-state index is -2.85. The monoisotopic (exact) mass is 261 g/mol. The predicted molar refractivity (Wildman–Crippen MR) is 72.9 cm³/mol. The molecule has 1 aliphatic carbocycles. The van der Waals surface area contributed by atoms with E-state index < -0.39 is 9.84 Å². The van der Waals surface area contributed by atoms with Crippen LogP contribution >= 0.6 is 0 Å². The topological polar surface area (TPSA) is 46.2 Å². The van der Waals surface area contributed by atoms with E-state index in [0.717, 1.165) is 32.2 Å². The van der Waals surface area contributed by atoms with Crippen molar-refractivity contribution in [2.45, 2.75) is 57.7 Å². The molecule has 1 rings (SSSR count). The number of hydrogen-bond donors (Lipinski definition) is 1. The molecule has 4 heteroatoms. The summed E-state index contributed by atoms with van der Waals surface area (Å²) in [6.07, 6.45) is 5.17. The second kappa shape index (κ2) is 6.19. The quantitative estimate of drug-likeness (QED) is 0.825. The Kier molecular flexibility index (Phi) is 5.45. The third-order valence-electron chi connectivity index (χ3n) is 4.10. The van der Waals surface area contributed by atoms with Crippen LogP contribution in [-0.2, 0) is 9.84 Å². The van der Waals surface area contributed by atoms with E-state index in [1.54, 1.807) is 0 Å². The lowest BCUT2D eigenvalue weighted by Crippen LogP contribution is -2.41. The Morgan fingerprint density at radius 2 is 1.88 bits per heavy atom. The SMILES string of the molecule is CC(C)C(C)CNC1CCCC(S(C)(=O)=O)C1. The molecule has 0 aromatic carbocycles. The molecule has 0 aliphatic heterocycles. The Labute approximate surface area is 106 Å². The number of rotatable bonds is 5. The van der Waals surface area contributed by atoms with Crippen molar-refractivity contribution in [1.82, 2.24) is 5.32 Å². The summed E-state index contributed by atoms with van der Waals surface area (Å²) in [6.45, 7) is 7.70. The molecule has 1 fully saturated rings. The lowest BCUT2D eigenvalue weighted by molar-refractivity contribution is 0.322. The molecule has 0 amide bonds. The minimum Gasteiger partial charge on any atom is -0.314 e. The van der Waals surface area contributed by atoms with E-state index in [2.05, 4.69) is 26.1 Å². The first kappa shape index (κ1) is 15.0. The smallest absolute Gasteiger partial charge is 0.150 e. The van der Waals surface area contributed by atoms with Gasteiger partial charge in [-0.2, -0.15) is 0 Å². The van der Waals surface area contributed by atoms with E-state index in [4.69, 9.17) is 0 Å². The first-order chi connectivity index (χ1) is 7.80. The number of sulfone groups is 1. The van der Waals surface area contributed by atoms with Crippen molar-refractivity contribution in [3.63, 3.8) is 0 Å². The van der Waals surface area contributed by atoms with Crippen LogP contribution in [0.3, 0.4) is 0 Å². The van der Waals surface area contributed by atoms with Gasteiger partial charge in [0.25, 0.3) is 0 Å². The zero-order valence-electron chi connectivity index (χ0n) is 11.6. The van der Waals surface area contributed by atoms with Crippen molar-refractivity contribution in [3.05, 3.63) is 0 Å². The van der Waals surface area contributed by atoms with Crippen LogP contribution < -0.4 is 5.32 Å². The standard InChI is InChI=1S/C13H27NO2S/c1-10(2)11(3)9-14-12-6-5-7-13(8-12)17(4,15)16/h10-14H,5-9H2,1-4H3. The second-order valence-corrected chi connectivity index (χ2v) is 8.27. The average molecular weight is 261 g/mol. The van der Waals surface area contributed by atoms with Gasteiger partial charge in [0.1, 0.15) is 9.84 Å². The van der Waals surface area contributed by atoms with Gasteiger partial charge in [0.2, 0.25) is 0 Å². The van der Waals surface area contributed by atoms with Crippen molar-refractivity contribution in [3.8, 4) is 0 Å². The van der Waals surface area contributed by atoms with Gasteiger partial charge in [0.15, 0.2) is 0 Å². The van der Waals surface area contributed by atoms with Crippen LogP contribution in [0, 0.1) is 11.8 Å². The highest BCUT2D eigenvalue weighted by molar-refractivity contribution is 7.91. The summed E-state index contributed by atoms with van der Waals surface area (Å²) in [4.78, 5) is 0. The van der Waals surface area contributed by atoms with Crippen LogP contribution in [0.4, 0.5) is 0 Å². The maximum Gasteiger partial charge on any atom is 0.150 e. The molecule has 0 saturated heterocycles. The highest BCUT2D eigenvalue weighted by Gasteiger charge is 2.28. The van der Waals surface area contributed by atoms with Crippen LogP contribution in [-0.4, -0.2) is 32.5 Å². The molecule has 17 heavy (non-hydrogen) atoms. The maximum atomic E-state index is 11.6. The van der Waals surface area contributed by atoms with Gasteiger partial charge >= 0.3 is 0 Å². The molecular formula is C13H27NO2S. The fraction of sp³-hybridized carbons (Fsp3) is 1.00. The minimum absolute atomic E-state index is 0.122. The fourth-order valence-electron chi connectivity index (χ4n) is 2.31.